The standard InChI is InChI=1S/C18H22FNO/c1-12-5-6-13(2)16(9-12)17(20-4)11-21-18-10-15(19)8-7-14(18)3/h5-10,17,20H,11H2,1-4H3. The van der Waals surface area contributed by atoms with Crippen molar-refractivity contribution < 1.29 is 9.13 Å². The maximum Gasteiger partial charge on any atom is 0.126 e. The molecule has 0 saturated carbocycles. The van der Waals surface area contributed by atoms with E-state index in [4.69, 9.17) is 4.74 Å². The number of benzene rings is 2. The maximum atomic E-state index is 13.3. The molecule has 112 valence electrons. The molecule has 0 aliphatic heterocycles. The molecule has 2 aromatic rings. The lowest BCUT2D eigenvalue weighted by molar-refractivity contribution is 0.270. The molecular weight excluding hydrogens is 265 g/mol. The number of aryl methyl sites for hydroxylation is 3. The monoisotopic (exact) mass is 287 g/mol. The van der Waals surface area contributed by atoms with E-state index in [0.29, 0.717) is 12.4 Å². The Hall–Kier alpha value is -1.87. The summed E-state index contributed by atoms with van der Waals surface area (Å²) in [4.78, 5) is 0. The Bertz CT molecular complexity index is 625. The van der Waals surface area contributed by atoms with Gasteiger partial charge in [0.25, 0.3) is 0 Å². The van der Waals surface area contributed by atoms with Gasteiger partial charge in [-0.25, -0.2) is 4.39 Å². The van der Waals surface area contributed by atoms with Crippen molar-refractivity contribution in [3.8, 4) is 5.75 Å². The first-order valence-corrected chi connectivity index (χ1v) is 7.14. The molecule has 0 bridgehead atoms. The summed E-state index contributed by atoms with van der Waals surface area (Å²) in [6.07, 6.45) is 0. The number of halogens is 1. The van der Waals surface area contributed by atoms with Crippen LogP contribution in [0.15, 0.2) is 36.4 Å². The topological polar surface area (TPSA) is 21.3 Å². The molecule has 2 nitrogen and oxygen atoms in total. The highest BCUT2D eigenvalue weighted by atomic mass is 19.1. The van der Waals surface area contributed by atoms with E-state index < -0.39 is 0 Å². The van der Waals surface area contributed by atoms with Gasteiger partial charge in [-0.1, -0.05) is 29.8 Å². The Morgan fingerprint density at radius 3 is 2.48 bits per heavy atom. The number of ether oxygens (including phenoxy) is 1. The molecule has 0 radical (unpaired) electrons. The Kier molecular flexibility index (Phi) is 4.97. The molecule has 0 aliphatic rings. The third-order valence-corrected chi connectivity index (χ3v) is 3.71. The molecule has 0 heterocycles. The molecule has 21 heavy (non-hydrogen) atoms. The van der Waals surface area contributed by atoms with Gasteiger partial charge in [-0.15, -0.1) is 0 Å². The summed E-state index contributed by atoms with van der Waals surface area (Å²) in [5, 5.41) is 3.27. The molecule has 2 rings (SSSR count). The van der Waals surface area contributed by atoms with E-state index in [1.54, 1.807) is 6.07 Å². The van der Waals surface area contributed by atoms with Crippen LogP contribution < -0.4 is 10.1 Å². The molecular formula is C18H22FNO. The van der Waals surface area contributed by atoms with Gasteiger partial charge in [0.1, 0.15) is 18.2 Å². The molecule has 0 amide bonds. The van der Waals surface area contributed by atoms with Gasteiger partial charge in [0.05, 0.1) is 6.04 Å². The van der Waals surface area contributed by atoms with Crippen LogP contribution in [-0.2, 0) is 0 Å². The van der Waals surface area contributed by atoms with E-state index in [1.165, 1.54) is 28.8 Å². The van der Waals surface area contributed by atoms with Crippen LogP contribution in [0.1, 0.15) is 28.3 Å². The van der Waals surface area contributed by atoms with Crippen LogP contribution >= 0.6 is 0 Å². The molecule has 0 aromatic heterocycles. The summed E-state index contributed by atoms with van der Waals surface area (Å²) in [6.45, 7) is 6.55. The van der Waals surface area contributed by atoms with Crippen molar-refractivity contribution in [2.75, 3.05) is 13.7 Å². The zero-order chi connectivity index (χ0) is 15.4. The van der Waals surface area contributed by atoms with Crippen molar-refractivity contribution in [3.63, 3.8) is 0 Å². The van der Waals surface area contributed by atoms with Crippen LogP contribution in [0, 0.1) is 26.6 Å². The molecule has 2 aromatic carbocycles. The minimum absolute atomic E-state index is 0.0765. The first kappa shape index (κ1) is 15.5. The molecule has 3 heteroatoms. The van der Waals surface area contributed by atoms with E-state index in [1.807, 2.05) is 14.0 Å². The lowest BCUT2D eigenvalue weighted by atomic mass is 9.99. The number of hydrogen-bond donors (Lipinski definition) is 1. The SMILES string of the molecule is CNC(COc1cc(F)ccc1C)c1cc(C)ccc1C. The van der Waals surface area contributed by atoms with E-state index in [0.717, 1.165) is 5.56 Å². The van der Waals surface area contributed by atoms with E-state index in [9.17, 15) is 4.39 Å². The molecule has 0 saturated heterocycles. The Morgan fingerprint density at radius 1 is 1.05 bits per heavy atom. The van der Waals surface area contributed by atoms with Crippen LogP contribution in [0.2, 0.25) is 0 Å². The highest BCUT2D eigenvalue weighted by Crippen LogP contribution is 2.23. The highest BCUT2D eigenvalue weighted by Gasteiger charge is 2.14. The summed E-state index contributed by atoms with van der Waals surface area (Å²) < 4.78 is 19.1. The zero-order valence-corrected chi connectivity index (χ0v) is 13.0. The smallest absolute Gasteiger partial charge is 0.126 e. The Morgan fingerprint density at radius 2 is 1.76 bits per heavy atom. The van der Waals surface area contributed by atoms with E-state index >= 15 is 0 Å². The van der Waals surface area contributed by atoms with Gasteiger partial charge in [-0.05, 0) is 50.6 Å². The second-order valence-electron chi connectivity index (χ2n) is 5.42. The van der Waals surface area contributed by atoms with Gasteiger partial charge in [-0.2, -0.15) is 0 Å². The summed E-state index contributed by atoms with van der Waals surface area (Å²) in [5.74, 6) is 0.323. The maximum absolute atomic E-state index is 13.3. The van der Waals surface area contributed by atoms with E-state index in [-0.39, 0.29) is 11.9 Å². The molecule has 0 spiro atoms. The third-order valence-electron chi connectivity index (χ3n) is 3.71. The largest absolute Gasteiger partial charge is 0.491 e. The minimum atomic E-state index is -0.275. The van der Waals surface area contributed by atoms with E-state index in [2.05, 4.69) is 37.4 Å². The number of nitrogens with one attached hydrogen (secondary N) is 1. The van der Waals surface area contributed by atoms with Gasteiger partial charge in [-0.3, -0.25) is 0 Å². The van der Waals surface area contributed by atoms with Crippen molar-refractivity contribution in [2.24, 2.45) is 0 Å². The summed E-state index contributed by atoms with van der Waals surface area (Å²) in [7, 11) is 1.91. The fourth-order valence-corrected chi connectivity index (χ4v) is 2.37. The lowest BCUT2D eigenvalue weighted by Gasteiger charge is -2.20. The van der Waals surface area contributed by atoms with Gasteiger partial charge < -0.3 is 10.1 Å². The first-order chi connectivity index (χ1) is 10.0. The number of hydrogen-bond acceptors (Lipinski definition) is 2. The van der Waals surface area contributed by atoms with Crippen LogP contribution in [0.4, 0.5) is 4.39 Å². The number of likely N-dealkylation sites (N-methyl/N-ethyl adjacent to an activating group) is 1. The average molecular weight is 287 g/mol. The molecule has 0 fully saturated rings. The van der Waals surface area contributed by atoms with Crippen molar-refractivity contribution in [1.29, 1.82) is 0 Å². The summed E-state index contributed by atoms with van der Waals surface area (Å²) in [6, 6.07) is 11.1. The minimum Gasteiger partial charge on any atom is -0.491 e. The first-order valence-electron chi connectivity index (χ1n) is 7.14. The van der Waals surface area contributed by atoms with Gasteiger partial charge in [0.15, 0.2) is 0 Å². The van der Waals surface area contributed by atoms with Gasteiger partial charge in [0.2, 0.25) is 0 Å². The average Bonchev–Trinajstić information content (AvgIpc) is 2.46. The number of rotatable bonds is 5. The van der Waals surface area contributed by atoms with Crippen LogP contribution in [0.3, 0.4) is 0 Å². The summed E-state index contributed by atoms with van der Waals surface area (Å²) >= 11 is 0. The van der Waals surface area contributed by atoms with Crippen molar-refractivity contribution in [1.82, 2.24) is 5.32 Å². The van der Waals surface area contributed by atoms with Gasteiger partial charge in [0, 0.05) is 6.07 Å². The zero-order valence-electron chi connectivity index (χ0n) is 13.0. The second-order valence-corrected chi connectivity index (χ2v) is 5.42. The van der Waals surface area contributed by atoms with Crippen molar-refractivity contribution >= 4 is 0 Å². The van der Waals surface area contributed by atoms with Crippen LogP contribution in [-0.4, -0.2) is 13.7 Å². The molecule has 1 N–H and O–H groups in total. The predicted octanol–water partition coefficient (Wildman–Crippen LogP) is 4.09. The molecule has 1 atom stereocenters. The predicted molar refractivity (Wildman–Crippen MR) is 84.3 cm³/mol. The third kappa shape index (κ3) is 3.82. The Balaban J connectivity index is 2.16. The second kappa shape index (κ2) is 6.72. The fourth-order valence-electron chi connectivity index (χ4n) is 2.37. The van der Waals surface area contributed by atoms with Crippen LogP contribution in [0.5, 0.6) is 5.75 Å². The van der Waals surface area contributed by atoms with Crippen LogP contribution in [0.25, 0.3) is 0 Å². The molecule has 1 unspecified atom stereocenters. The quantitative estimate of drug-likeness (QED) is 0.894. The normalized spacial score (nSPS) is 12.2. The van der Waals surface area contributed by atoms with Crippen molar-refractivity contribution in [2.45, 2.75) is 26.8 Å². The Labute approximate surface area is 126 Å². The summed E-state index contributed by atoms with van der Waals surface area (Å²) in [5.41, 5.74) is 4.59. The fraction of sp³-hybridized carbons (Fsp3) is 0.333. The molecule has 0 aliphatic carbocycles. The van der Waals surface area contributed by atoms with Gasteiger partial charge >= 0.3 is 0 Å². The van der Waals surface area contributed by atoms with Crippen molar-refractivity contribution in [3.05, 3.63) is 64.5 Å². The highest BCUT2D eigenvalue weighted by molar-refractivity contribution is 5.35. The lowest BCUT2D eigenvalue weighted by Crippen LogP contribution is -2.24.